The van der Waals surface area contributed by atoms with Gasteiger partial charge in [0, 0.05) is 28.4 Å². The predicted octanol–water partition coefficient (Wildman–Crippen LogP) is 3.18. The fourth-order valence-corrected chi connectivity index (χ4v) is 3.01. The zero-order valence-corrected chi connectivity index (χ0v) is 13.6. The van der Waals surface area contributed by atoms with Crippen LogP contribution in [-0.4, -0.2) is 52.9 Å². The molecule has 0 atom stereocenters. The van der Waals surface area contributed by atoms with Crippen molar-refractivity contribution >= 4 is 0 Å². The molecule has 0 amide bonds. The van der Waals surface area contributed by atoms with E-state index in [1.54, 1.807) is 28.4 Å². The second kappa shape index (κ2) is 10.6. The van der Waals surface area contributed by atoms with Gasteiger partial charge in [0.15, 0.2) is 0 Å². The lowest BCUT2D eigenvalue weighted by molar-refractivity contribution is 0.00454. The van der Waals surface area contributed by atoms with Crippen molar-refractivity contribution in [2.24, 2.45) is 0 Å². The van der Waals surface area contributed by atoms with Crippen molar-refractivity contribution in [2.45, 2.75) is 75.8 Å². The van der Waals surface area contributed by atoms with Crippen LogP contribution in [0.3, 0.4) is 0 Å². The summed E-state index contributed by atoms with van der Waals surface area (Å²) in [5, 5.41) is 0. The molecule has 4 heteroatoms. The van der Waals surface area contributed by atoms with Crippen LogP contribution in [-0.2, 0) is 18.9 Å². The van der Waals surface area contributed by atoms with Crippen molar-refractivity contribution in [1.29, 1.82) is 0 Å². The van der Waals surface area contributed by atoms with Crippen molar-refractivity contribution in [3.8, 4) is 0 Å². The minimum Gasteiger partial charge on any atom is -0.381 e. The molecule has 0 N–H and O–H groups in total. The molecule has 0 saturated heterocycles. The standard InChI is InChI=1S/2C8H16O2/c2*1-9-7-3-5-8(10-2)6-4-7/h2*7-8H,3-6H2,1-2H3. The Morgan fingerprint density at radius 2 is 0.550 bits per heavy atom. The minimum atomic E-state index is 0.492. The van der Waals surface area contributed by atoms with Gasteiger partial charge in [0.2, 0.25) is 0 Å². The molecule has 4 nitrogen and oxygen atoms in total. The molecule has 0 aliphatic heterocycles. The molecule has 0 aromatic heterocycles. The molecule has 2 rings (SSSR count). The van der Waals surface area contributed by atoms with Crippen LogP contribution in [0.2, 0.25) is 0 Å². The van der Waals surface area contributed by atoms with Crippen LogP contribution in [0.15, 0.2) is 0 Å². The monoisotopic (exact) mass is 288 g/mol. The van der Waals surface area contributed by atoms with E-state index in [0.717, 1.165) is 51.4 Å². The molecule has 120 valence electrons. The van der Waals surface area contributed by atoms with Gasteiger partial charge in [-0.15, -0.1) is 0 Å². The van der Waals surface area contributed by atoms with Gasteiger partial charge in [-0.2, -0.15) is 0 Å². The van der Waals surface area contributed by atoms with E-state index in [4.69, 9.17) is 18.9 Å². The minimum absolute atomic E-state index is 0.492. The summed E-state index contributed by atoms with van der Waals surface area (Å²) in [7, 11) is 7.16. The number of ether oxygens (including phenoxy) is 4. The molecule has 0 bridgehead atoms. The third kappa shape index (κ3) is 6.53. The fourth-order valence-electron chi connectivity index (χ4n) is 3.01. The lowest BCUT2D eigenvalue weighted by Gasteiger charge is -2.26. The summed E-state index contributed by atoms with van der Waals surface area (Å²) in [6.07, 6.45) is 11.3. The second-order valence-electron chi connectivity index (χ2n) is 5.74. The largest absolute Gasteiger partial charge is 0.381 e. The van der Waals surface area contributed by atoms with Crippen LogP contribution >= 0.6 is 0 Å². The summed E-state index contributed by atoms with van der Waals surface area (Å²) in [5.41, 5.74) is 0. The molecule has 2 saturated carbocycles. The Morgan fingerprint density at radius 3 is 0.650 bits per heavy atom. The molecule has 0 aromatic rings. The zero-order valence-electron chi connectivity index (χ0n) is 13.6. The van der Waals surface area contributed by atoms with Crippen molar-refractivity contribution in [2.75, 3.05) is 28.4 Å². The molecular weight excluding hydrogens is 256 g/mol. The van der Waals surface area contributed by atoms with Crippen LogP contribution in [0.25, 0.3) is 0 Å². The molecule has 2 fully saturated rings. The molecule has 0 unspecified atom stereocenters. The van der Waals surface area contributed by atoms with Crippen molar-refractivity contribution in [3.63, 3.8) is 0 Å². The second-order valence-corrected chi connectivity index (χ2v) is 5.74. The number of rotatable bonds is 4. The van der Waals surface area contributed by atoms with Gasteiger partial charge in [0.05, 0.1) is 24.4 Å². The molecule has 0 aromatic carbocycles. The SMILES string of the molecule is COC1CCC(OC)CC1.COC1CCC(OC)CC1. The third-order valence-electron chi connectivity index (χ3n) is 4.58. The van der Waals surface area contributed by atoms with E-state index in [2.05, 4.69) is 0 Å². The molecule has 0 heterocycles. The maximum Gasteiger partial charge on any atom is 0.0573 e. The highest BCUT2D eigenvalue weighted by molar-refractivity contribution is 4.72. The summed E-state index contributed by atoms with van der Waals surface area (Å²) < 4.78 is 20.9. The van der Waals surface area contributed by atoms with Crippen LogP contribution in [0.5, 0.6) is 0 Å². The van der Waals surface area contributed by atoms with E-state index in [9.17, 15) is 0 Å². The topological polar surface area (TPSA) is 36.9 Å². The van der Waals surface area contributed by atoms with Crippen LogP contribution < -0.4 is 0 Å². The Bertz CT molecular complexity index is 171. The van der Waals surface area contributed by atoms with Crippen LogP contribution in [0, 0.1) is 0 Å². The van der Waals surface area contributed by atoms with Crippen molar-refractivity contribution in [1.82, 2.24) is 0 Å². The molecule has 0 radical (unpaired) electrons. The van der Waals surface area contributed by atoms with Gasteiger partial charge in [-0.25, -0.2) is 0 Å². The number of hydrogen-bond donors (Lipinski definition) is 0. The quantitative estimate of drug-likeness (QED) is 0.796. The average Bonchev–Trinajstić information content (AvgIpc) is 2.55. The number of methoxy groups -OCH3 is 4. The molecule has 2 aliphatic rings. The predicted molar refractivity (Wildman–Crippen MR) is 80.1 cm³/mol. The summed E-state index contributed by atoms with van der Waals surface area (Å²) >= 11 is 0. The zero-order chi connectivity index (χ0) is 14.8. The van der Waals surface area contributed by atoms with Gasteiger partial charge >= 0.3 is 0 Å². The smallest absolute Gasteiger partial charge is 0.0573 e. The fraction of sp³-hybridized carbons (Fsp3) is 1.00. The first-order chi connectivity index (χ1) is 9.73. The molecule has 20 heavy (non-hydrogen) atoms. The summed E-state index contributed by atoms with van der Waals surface area (Å²) in [6.45, 7) is 0. The van der Waals surface area contributed by atoms with E-state index in [0.29, 0.717) is 24.4 Å². The Hall–Kier alpha value is -0.160. The highest BCUT2D eigenvalue weighted by Crippen LogP contribution is 2.22. The Kier molecular flexibility index (Phi) is 9.44. The highest BCUT2D eigenvalue weighted by atomic mass is 16.5. The van der Waals surface area contributed by atoms with E-state index >= 15 is 0 Å². The van der Waals surface area contributed by atoms with E-state index in [1.807, 2.05) is 0 Å². The molecular formula is C16H32O4. The number of hydrogen-bond acceptors (Lipinski definition) is 4. The van der Waals surface area contributed by atoms with Crippen molar-refractivity contribution < 1.29 is 18.9 Å². The first-order valence-corrected chi connectivity index (χ1v) is 7.84. The van der Waals surface area contributed by atoms with E-state index in [-0.39, 0.29) is 0 Å². The van der Waals surface area contributed by atoms with Gasteiger partial charge < -0.3 is 18.9 Å². The van der Waals surface area contributed by atoms with E-state index < -0.39 is 0 Å². The van der Waals surface area contributed by atoms with E-state index in [1.165, 1.54) is 0 Å². The first-order valence-electron chi connectivity index (χ1n) is 7.84. The normalized spacial score (nSPS) is 34.2. The summed E-state index contributed by atoms with van der Waals surface area (Å²) in [4.78, 5) is 0. The van der Waals surface area contributed by atoms with Gasteiger partial charge in [0.1, 0.15) is 0 Å². The average molecular weight is 288 g/mol. The van der Waals surface area contributed by atoms with Crippen molar-refractivity contribution in [3.05, 3.63) is 0 Å². The Labute approximate surface area is 124 Å². The summed E-state index contributed by atoms with van der Waals surface area (Å²) in [5.74, 6) is 0. The maximum absolute atomic E-state index is 5.23. The lowest BCUT2D eigenvalue weighted by atomic mass is 9.95. The van der Waals surface area contributed by atoms with Gasteiger partial charge in [-0.1, -0.05) is 0 Å². The summed E-state index contributed by atoms with van der Waals surface area (Å²) in [6, 6.07) is 0. The van der Waals surface area contributed by atoms with Gasteiger partial charge in [-0.05, 0) is 51.4 Å². The Balaban J connectivity index is 0.000000200. The lowest BCUT2D eigenvalue weighted by Crippen LogP contribution is -2.24. The molecule has 2 aliphatic carbocycles. The van der Waals surface area contributed by atoms with Crippen LogP contribution in [0.1, 0.15) is 51.4 Å². The van der Waals surface area contributed by atoms with Gasteiger partial charge in [-0.3, -0.25) is 0 Å². The Morgan fingerprint density at radius 1 is 0.400 bits per heavy atom. The van der Waals surface area contributed by atoms with Crippen LogP contribution in [0.4, 0.5) is 0 Å². The highest BCUT2D eigenvalue weighted by Gasteiger charge is 2.20. The van der Waals surface area contributed by atoms with Gasteiger partial charge in [0.25, 0.3) is 0 Å². The first kappa shape index (κ1) is 17.9. The molecule has 0 spiro atoms. The third-order valence-corrected chi connectivity index (χ3v) is 4.58. The maximum atomic E-state index is 5.23.